The number of methoxy groups -OCH3 is 1. The van der Waals surface area contributed by atoms with Crippen molar-refractivity contribution in [3.63, 3.8) is 0 Å². The van der Waals surface area contributed by atoms with Crippen molar-refractivity contribution in [2.24, 2.45) is 4.99 Å². The molecule has 1 aliphatic rings. The molecule has 0 bridgehead atoms. The SMILES string of the molecule is CCNC(=NCc1ccc(N2CC=CC2)cc1)NCc1ccccc1OC. The zero-order valence-electron chi connectivity index (χ0n) is 16.1. The molecule has 0 saturated heterocycles. The van der Waals surface area contributed by atoms with E-state index >= 15 is 0 Å². The van der Waals surface area contributed by atoms with Crippen LogP contribution < -0.4 is 20.3 Å². The van der Waals surface area contributed by atoms with Crippen LogP contribution in [0.15, 0.2) is 65.7 Å². The van der Waals surface area contributed by atoms with E-state index in [1.165, 1.54) is 11.3 Å². The third-order valence-electron chi connectivity index (χ3n) is 4.52. The van der Waals surface area contributed by atoms with Crippen LogP contribution in [0.4, 0.5) is 5.69 Å². The van der Waals surface area contributed by atoms with E-state index < -0.39 is 0 Å². The van der Waals surface area contributed by atoms with Crippen molar-refractivity contribution in [2.75, 3.05) is 31.6 Å². The monoisotopic (exact) mass is 364 g/mol. The van der Waals surface area contributed by atoms with Gasteiger partial charge in [-0.15, -0.1) is 0 Å². The third-order valence-corrected chi connectivity index (χ3v) is 4.52. The van der Waals surface area contributed by atoms with E-state index in [9.17, 15) is 0 Å². The van der Waals surface area contributed by atoms with Gasteiger partial charge in [0.2, 0.25) is 0 Å². The highest BCUT2D eigenvalue weighted by Crippen LogP contribution is 2.18. The Balaban J connectivity index is 1.59. The molecule has 2 aromatic rings. The summed E-state index contributed by atoms with van der Waals surface area (Å²) in [5.41, 5.74) is 3.56. The van der Waals surface area contributed by atoms with Gasteiger partial charge < -0.3 is 20.3 Å². The maximum atomic E-state index is 5.41. The Bertz CT molecular complexity index is 775. The van der Waals surface area contributed by atoms with Crippen molar-refractivity contribution in [2.45, 2.75) is 20.0 Å². The van der Waals surface area contributed by atoms with Gasteiger partial charge in [-0.05, 0) is 30.7 Å². The molecule has 0 fully saturated rings. The molecule has 5 heteroatoms. The minimum atomic E-state index is 0.639. The number of rotatable bonds is 7. The fraction of sp³-hybridized carbons (Fsp3) is 0.318. The van der Waals surface area contributed by atoms with Gasteiger partial charge in [0, 0.05) is 37.4 Å². The van der Waals surface area contributed by atoms with Crippen LogP contribution in [0.2, 0.25) is 0 Å². The first-order valence-electron chi connectivity index (χ1n) is 9.43. The first kappa shape index (κ1) is 18.8. The van der Waals surface area contributed by atoms with Gasteiger partial charge in [0.25, 0.3) is 0 Å². The maximum Gasteiger partial charge on any atom is 0.191 e. The van der Waals surface area contributed by atoms with Crippen molar-refractivity contribution in [3.8, 4) is 5.75 Å². The average Bonchev–Trinajstić information content (AvgIpc) is 3.25. The first-order chi connectivity index (χ1) is 13.3. The lowest BCUT2D eigenvalue weighted by Crippen LogP contribution is -2.36. The molecule has 2 N–H and O–H groups in total. The fourth-order valence-electron chi connectivity index (χ4n) is 3.04. The Hall–Kier alpha value is -2.95. The van der Waals surface area contributed by atoms with Gasteiger partial charge in [0.05, 0.1) is 13.7 Å². The van der Waals surface area contributed by atoms with Crippen LogP contribution in [-0.2, 0) is 13.1 Å². The van der Waals surface area contributed by atoms with Gasteiger partial charge in [-0.2, -0.15) is 0 Å². The number of aliphatic imine (C=N–C) groups is 1. The summed E-state index contributed by atoms with van der Waals surface area (Å²) in [7, 11) is 1.69. The molecule has 142 valence electrons. The highest BCUT2D eigenvalue weighted by Gasteiger charge is 2.07. The standard InChI is InChI=1S/C22H28N4O/c1-3-23-22(25-17-19-8-4-5-9-21(19)27-2)24-16-18-10-12-20(13-11-18)26-14-6-7-15-26/h4-13H,3,14-17H2,1-2H3,(H2,23,24,25). The predicted octanol–water partition coefficient (Wildman–Crippen LogP) is 3.33. The molecule has 5 nitrogen and oxygen atoms in total. The molecule has 2 aromatic carbocycles. The molecule has 0 aliphatic carbocycles. The summed E-state index contributed by atoms with van der Waals surface area (Å²) in [6.07, 6.45) is 4.41. The van der Waals surface area contributed by atoms with Gasteiger partial charge in [0.15, 0.2) is 5.96 Å². The van der Waals surface area contributed by atoms with Crippen molar-refractivity contribution >= 4 is 11.6 Å². The Morgan fingerprint density at radius 3 is 2.48 bits per heavy atom. The van der Waals surface area contributed by atoms with Crippen molar-refractivity contribution in [1.29, 1.82) is 0 Å². The average molecular weight is 364 g/mol. The molecule has 0 radical (unpaired) electrons. The van der Waals surface area contributed by atoms with Crippen molar-refractivity contribution in [1.82, 2.24) is 10.6 Å². The molecule has 0 atom stereocenters. The first-order valence-corrected chi connectivity index (χ1v) is 9.43. The normalized spacial score (nSPS) is 13.7. The number of guanidine groups is 1. The molecule has 3 rings (SSSR count). The van der Waals surface area contributed by atoms with E-state index in [1.807, 2.05) is 18.2 Å². The number of hydrogen-bond donors (Lipinski definition) is 2. The van der Waals surface area contributed by atoms with Crippen molar-refractivity contribution < 1.29 is 4.74 Å². The summed E-state index contributed by atoms with van der Waals surface area (Å²) in [5, 5.41) is 6.68. The third kappa shape index (κ3) is 5.26. The summed E-state index contributed by atoms with van der Waals surface area (Å²) in [5.74, 6) is 1.68. The number of ether oxygens (including phenoxy) is 1. The quantitative estimate of drug-likeness (QED) is 0.449. The van der Waals surface area contributed by atoms with Crippen LogP contribution in [0.3, 0.4) is 0 Å². The smallest absolute Gasteiger partial charge is 0.191 e. The minimum Gasteiger partial charge on any atom is -0.496 e. The van der Waals surface area contributed by atoms with E-state index in [2.05, 4.69) is 64.9 Å². The minimum absolute atomic E-state index is 0.639. The molecule has 0 unspecified atom stereocenters. The van der Waals surface area contributed by atoms with E-state index in [0.717, 1.165) is 36.9 Å². The summed E-state index contributed by atoms with van der Waals surface area (Å²) in [6.45, 7) is 6.18. The number of nitrogens with one attached hydrogen (secondary N) is 2. The Morgan fingerprint density at radius 2 is 1.78 bits per heavy atom. The van der Waals surface area contributed by atoms with Gasteiger partial charge in [-0.3, -0.25) is 0 Å². The Labute approximate surface area is 161 Å². The molecule has 27 heavy (non-hydrogen) atoms. The topological polar surface area (TPSA) is 48.9 Å². The molecule has 0 amide bonds. The van der Waals surface area contributed by atoms with Crippen LogP contribution in [-0.4, -0.2) is 32.7 Å². The maximum absolute atomic E-state index is 5.41. The van der Waals surface area contributed by atoms with Gasteiger partial charge in [0.1, 0.15) is 5.75 Å². The zero-order valence-corrected chi connectivity index (χ0v) is 16.1. The number of hydrogen-bond acceptors (Lipinski definition) is 3. The second-order valence-corrected chi connectivity index (χ2v) is 6.40. The van der Waals surface area contributed by atoms with Crippen LogP contribution >= 0.6 is 0 Å². The second kappa shape index (κ2) is 9.67. The van der Waals surface area contributed by atoms with Gasteiger partial charge in [-0.25, -0.2) is 4.99 Å². The van der Waals surface area contributed by atoms with Crippen LogP contribution in [0.5, 0.6) is 5.75 Å². The van der Waals surface area contributed by atoms with E-state index in [-0.39, 0.29) is 0 Å². The highest BCUT2D eigenvalue weighted by molar-refractivity contribution is 5.79. The number of anilines is 1. The zero-order chi connectivity index (χ0) is 18.9. The van der Waals surface area contributed by atoms with Crippen LogP contribution in [0, 0.1) is 0 Å². The van der Waals surface area contributed by atoms with Crippen LogP contribution in [0.1, 0.15) is 18.1 Å². The molecule has 0 saturated carbocycles. The Kier molecular flexibility index (Phi) is 6.74. The molecular weight excluding hydrogens is 336 g/mol. The highest BCUT2D eigenvalue weighted by atomic mass is 16.5. The molecule has 0 aromatic heterocycles. The summed E-state index contributed by atoms with van der Waals surface area (Å²) in [6, 6.07) is 16.7. The fourth-order valence-corrected chi connectivity index (χ4v) is 3.04. The summed E-state index contributed by atoms with van der Waals surface area (Å²) >= 11 is 0. The molecule has 1 aliphatic heterocycles. The molecular formula is C22H28N4O. The summed E-state index contributed by atoms with van der Waals surface area (Å²) in [4.78, 5) is 7.05. The number of para-hydroxylation sites is 1. The number of nitrogens with zero attached hydrogens (tertiary/aromatic N) is 2. The van der Waals surface area contributed by atoms with E-state index in [4.69, 9.17) is 9.73 Å². The lowest BCUT2D eigenvalue weighted by molar-refractivity contribution is 0.409. The second-order valence-electron chi connectivity index (χ2n) is 6.40. The largest absolute Gasteiger partial charge is 0.496 e. The number of benzene rings is 2. The van der Waals surface area contributed by atoms with E-state index in [0.29, 0.717) is 13.1 Å². The Morgan fingerprint density at radius 1 is 1.04 bits per heavy atom. The summed E-state index contributed by atoms with van der Waals surface area (Å²) < 4.78 is 5.41. The predicted molar refractivity (Wildman–Crippen MR) is 112 cm³/mol. The lowest BCUT2D eigenvalue weighted by Gasteiger charge is -2.17. The van der Waals surface area contributed by atoms with Gasteiger partial charge in [-0.1, -0.05) is 42.5 Å². The molecule has 0 spiro atoms. The lowest BCUT2D eigenvalue weighted by atomic mass is 10.2. The van der Waals surface area contributed by atoms with E-state index in [1.54, 1.807) is 7.11 Å². The van der Waals surface area contributed by atoms with Crippen LogP contribution in [0.25, 0.3) is 0 Å². The van der Waals surface area contributed by atoms with Crippen molar-refractivity contribution in [3.05, 3.63) is 71.8 Å². The molecule has 1 heterocycles. The van der Waals surface area contributed by atoms with Gasteiger partial charge >= 0.3 is 0 Å².